The lowest BCUT2D eigenvalue weighted by Crippen LogP contribution is -2.05. The second kappa shape index (κ2) is 6.49. The number of aromatic carboxylic acids is 1. The van der Waals surface area contributed by atoms with E-state index < -0.39 is 5.97 Å². The zero-order valence-corrected chi connectivity index (χ0v) is 13.8. The van der Waals surface area contributed by atoms with Gasteiger partial charge in [0.25, 0.3) is 0 Å². The molecule has 0 saturated heterocycles. The quantitative estimate of drug-likeness (QED) is 0.735. The van der Waals surface area contributed by atoms with E-state index in [1.54, 1.807) is 24.3 Å². The Kier molecular flexibility index (Phi) is 4.40. The first-order valence-corrected chi connectivity index (χ1v) is 8.00. The fourth-order valence-electron chi connectivity index (χ4n) is 2.81. The molecule has 4 nitrogen and oxygen atoms in total. The zero-order valence-electron chi connectivity index (χ0n) is 13.1. The Balaban J connectivity index is 2.22. The van der Waals surface area contributed by atoms with Gasteiger partial charge in [-0.25, -0.2) is 9.78 Å². The molecule has 3 rings (SSSR count). The summed E-state index contributed by atoms with van der Waals surface area (Å²) in [6.45, 7) is 1.99. The van der Waals surface area contributed by atoms with Crippen LogP contribution in [0.1, 0.15) is 34.1 Å². The summed E-state index contributed by atoms with van der Waals surface area (Å²) in [6, 6.07) is 12.6. The number of carboxylic acid groups (broad SMARTS) is 1. The van der Waals surface area contributed by atoms with Crippen molar-refractivity contribution in [1.29, 1.82) is 0 Å². The van der Waals surface area contributed by atoms with Gasteiger partial charge >= 0.3 is 5.97 Å². The number of carbonyl (C=O) groups is 1. The van der Waals surface area contributed by atoms with Crippen LogP contribution in [0, 0.1) is 0 Å². The molecule has 24 heavy (non-hydrogen) atoms. The van der Waals surface area contributed by atoms with Crippen molar-refractivity contribution in [3.05, 3.63) is 69.9 Å². The third-order valence-electron chi connectivity index (χ3n) is 4.03. The number of aromatic nitrogens is 1. The van der Waals surface area contributed by atoms with E-state index >= 15 is 0 Å². The van der Waals surface area contributed by atoms with Crippen LogP contribution >= 0.6 is 11.6 Å². The number of hydrogen-bond donors (Lipinski definition) is 2. The van der Waals surface area contributed by atoms with Crippen LogP contribution in [-0.4, -0.2) is 21.2 Å². The summed E-state index contributed by atoms with van der Waals surface area (Å²) in [5, 5.41) is 21.1. The topological polar surface area (TPSA) is 70.4 Å². The first-order chi connectivity index (χ1) is 11.5. The Morgan fingerprint density at radius 2 is 1.88 bits per heavy atom. The molecule has 0 radical (unpaired) electrons. The third kappa shape index (κ3) is 2.93. The van der Waals surface area contributed by atoms with Crippen LogP contribution in [-0.2, 0) is 12.8 Å². The van der Waals surface area contributed by atoms with Crippen LogP contribution in [0.3, 0.4) is 0 Å². The minimum absolute atomic E-state index is 0.0979. The maximum Gasteiger partial charge on any atom is 0.340 e. The van der Waals surface area contributed by atoms with Crippen molar-refractivity contribution in [3.8, 4) is 5.75 Å². The standard InChI is InChI=1S/C19H16ClNO3/c1-2-12-4-3-5-14-16(19(23)24)18(22)15(21-17(12)14)10-11-6-8-13(20)9-7-11/h3-9,22H,2,10H2,1H3,(H,23,24). The summed E-state index contributed by atoms with van der Waals surface area (Å²) in [5.74, 6) is -1.44. The van der Waals surface area contributed by atoms with Crippen molar-refractivity contribution in [2.45, 2.75) is 19.8 Å². The summed E-state index contributed by atoms with van der Waals surface area (Å²) in [5.41, 5.74) is 2.72. The highest BCUT2D eigenvalue weighted by Gasteiger charge is 2.21. The molecule has 0 amide bonds. The molecule has 0 aliphatic rings. The Bertz CT molecular complexity index is 920. The summed E-state index contributed by atoms with van der Waals surface area (Å²) >= 11 is 5.89. The number of halogens is 1. The second-order valence-electron chi connectivity index (χ2n) is 5.56. The van der Waals surface area contributed by atoms with E-state index in [0.717, 1.165) is 17.5 Å². The largest absolute Gasteiger partial charge is 0.505 e. The van der Waals surface area contributed by atoms with E-state index in [-0.39, 0.29) is 11.3 Å². The molecule has 0 aliphatic carbocycles. The van der Waals surface area contributed by atoms with Crippen LogP contribution in [0.4, 0.5) is 0 Å². The molecule has 0 unspecified atom stereocenters. The number of carboxylic acids is 1. The average Bonchev–Trinajstić information content (AvgIpc) is 2.56. The zero-order chi connectivity index (χ0) is 17.3. The molecule has 1 aromatic heterocycles. The van der Waals surface area contributed by atoms with E-state index in [9.17, 15) is 15.0 Å². The molecule has 0 fully saturated rings. The number of benzene rings is 2. The van der Waals surface area contributed by atoms with Crippen molar-refractivity contribution >= 4 is 28.5 Å². The maximum absolute atomic E-state index is 11.7. The highest BCUT2D eigenvalue weighted by atomic mass is 35.5. The van der Waals surface area contributed by atoms with Gasteiger partial charge in [0.2, 0.25) is 0 Å². The van der Waals surface area contributed by atoms with Crippen LogP contribution in [0.15, 0.2) is 42.5 Å². The van der Waals surface area contributed by atoms with Crippen molar-refractivity contribution in [3.63, 3.8) is 0 Å². The van der Waals surface area contributed by atoms with Crippen molar-refractivity contribution < 1.29 is 15.0 Å². The van der Waals surface area contributed by atoms with Crippen LogP contribution in [0.2, 0.25) is 5.02 Å². The number of hydrogen-bond acceptors (Lipinski definition) is 3. The predicted octanol–water partition coefficient (Wildman–Crippen LogP) is 4.45. The molecule has 0 aliphatic heterocycles. The minimum Gasteiger partial charge on any atom is -0.505 e. The lowest BCUT2D eigenvalue weighted by atomic mass is 9.99. The molecule has 3 aromatic rings. The Hall–Kier alpha value is -2.59. The third-order valence-corrected chi connectivity index (χ3v) is 4.28. The smallest absolute Gasteiger partial charge is 0.340 e. The first kappa shape index (κ1) is 16.3. The van der Waals surface area contributed by atoms with Gasteiger partial charge in [-0.3, -0.25) is 0 Å². The van der Waals surface area contributed by atoms with Crippen LogP contribution in [0.25, 0.3) is 10.9 Å². The van der Waals surface area contributed by atoms with Gasteiger partial charge in [-0.1, -0.05) is 48.9 Å². The SMILES string of the molecule is CCc1cccc2c(C(=O)O)c(O)c(Cc3ccc(Cl)cc3)nc12. The van der Waals surface area contributed by atoms with Gasteiger partial charge in [0, 0.05) is 16.8 Å². The Morgan fingerprint density at radius 3 is 2.50 bits per heavy atom. The highest BCUT2D eigenvalue weighted by Crippen LogP contribution is 2.32. The molecule has 0 atom stereocenters. The predicted molar refractivity (Wildman–Crippen MR) is 94.0 cm³/mol. The molecule has 0 spiro atoms. The van der Waals surface area contributed by atoms with Gasteiger partial charge in [-0.2, -0.15) is 0 Å². The summed E-state index contributed by atoms with van der Waals surface area (Å²) in [6.07, 6.45) is 1.06. The maximum atomic E-state index is 11.7. The summed E-state index contributed by atoms with van der Waals surface area (Å²) < 4.78 is 0. The molecule has 122 valence electrons. The molecule has 0 bridgehead atoms. The number of nitrogens with zero attached hydrogens (tertiary/aromatic N) is 1. The number of pyridine rings is 1. The van der Waals surface area contributed by atoms with E-state index in [4.69, 9.17) is 11.6 Å². The molecule has 5 heteroatoms. The average molecular weight is 342 g/mol. The van der Waals surface area contributed by atoms with E-state index in [1.807, 2.05) is 25.1 Å². The monoisotopic (exact) mass is 341 g/mol. The van der Waals surface area contributed by atoms with Gasteiger partial charge in [-0.15, -0.1) is 0 Å². The van der Waals surface area contributed by atoms with Gasteiger partial charge in [0.15, 0.2) is 5.75 Å². The van der Waals surface area contributed by atoms with E-state index in [2.05, 4.69) is 4.98 Å². The minimum atomic E-state index is -1.16. The number of aromatic hydroxyl groups is 1. The molecule has 1 heterocycles. The second-order valence-corrected chi connectivity index (χ2v) is 5.99. The van der Waals surface area contributed by atoms with Crippen molar-refractivity contribution in [2.75, 3.05) is 0 Å². The number of para-hydroxylation sites is 1. The van der Waals surface area contributed by atoms with Crippen molar-refractivity contribution in [1.82, 2.24) is 4.98 Å². The van der Waals surface area contributed by atoms with E-state index in [0.29, 0.717) is 28.0 Å². The number of aryl methyl sites for hydroxylation is 1. The normalized spacial score (nSPS) is 10.9. The van der Waals surface area contributed by atoms with Gasteiger partial charge in [0.05, 0.1) is 11.2 Å². The van der Waals surface area contributed by atoms with Crippen LogP contribution < -0.4 is 0 Å². The summed E-state index contributed by atoms with van der Waals surface area (Å²) in [7, 11) is 0. The lowest BCUT2D eigenvalue weighted by Gasteiger charge is -2.12. The number of rotatable bonds is 4. The van der Waals surface area contributed by atoms with E-state index in [1.165, 1.54) is 0 Å². The van der Waals surface area contributed by atoms with Gasteiger partial charge < -0.3 is 10.2 Å². The Labute approximate surface area is 144 Å². The fourth-order valence-corrected chi connectivity index (χ4v) is 2.93. The molecular weight excluding hydrogens is 326 g/mol. The van der Waals surface area contributed by atoms with Gasteiger partial charge in [-0.05, 0) is 29.7 Å². The molecule has 2 N–H and O–H groups in total. The highest BCUT2D eigenvalue weighted by molar-refractivity contribution is 6.30. The lowest BCUT2D eigenvalue weighted by molar-refractivity contribution is 0.0695. The first-order valence-electron chi connectivity index (χ1n) is 7.62. The van der Waals surface area contributed by atoms with Crippen LogP contribution in [0.5, 0.6) is 5.75 Å². The Morgan fingerprint density at radius 1 is 1.17 bits per heavy atom. The number of fused-ring (bicyclic) bond motifs is 1. The molecule has 0 saturated carbocycles. The fraction of sp³-hybridized carbons (Fsp3) is 0.158. The van der Waals surface area contributed by atoms with Gasteiger partial charge in [0.1, 0.15) is 5.56 Å². The molecule has 2 aromatic carbocycles. The molecular formula is C19H16ClNO3. The summed E-state index contributed by atoms with van der Waals surface area (Å²) in [4.78, 5) is 16.2. The van der Waals surface area contributed by atoms with Crippen molar-refractivity contribution in [2.24, 2.45) is 0 Å².